The second kappa shape index (κ2) is 6.83. The van der Waals surface area contributed by atoms with Gasteiger partial charge in [0, 0.05) is 0 Å². The maximum absolute atomic E-state index is 11.8. The summed E-state index contributed by atoms with van der Waals surface area (Å²) in [5.41, 5.74) is 0.764. The van der Waals surface area contributed by atoms with Gasteiger partial charge in [0.1, 0.15) is 6.61 Å². The van der Waals surface area contributed by atoms with Crippen molar-refractivity contribution in [1.82, 2.24) is 0 Å². The highest BCUT2D eigenvalue weighted by Gasteiger charge is 2.14. The summed E-state index contributed by atoms with van der Waals surface area (Å²) in [4.78, 5) is 11.7. The number of sulfonamides is 1. The van der Waals surface area contributed by atoms with E-state index in [0.29, 0.717) is 5.56 Å². The van der Waals surface area contributed by atoms with Crippen molar-refractivity contribution >= 4 is 16.0 Å². The lowest BCUT2D eigenvalue weighted by molar-refractivity contribution is 0.0176. The first-order valence-electron chi connectivity index (χ1n) is 6.13. The van der Waals surface area contributed by atoms with Gasteiger partial charge >= 0.3 is 5.97 Å². The van der Waals surface area contributed by atoms with Gasteiger partial charge in [-0.15, -0.1) is 0 Å². The van der Waals surface area contributed by atoms with Crippen LogP contribution in [0.4, 0.5) is 0 Å². The van der Waals surface area contributed by atoms with Crippen molar-refractivity contribution in [3.05, 3.63) is 29.3 Å². The number of hydrogen-bond acceptors (Lipinski definition) is 5. The summed E-state index contributed by atoms with van der Waals surface area (Å²) in [7, 11) is -3.85. The van der Waals surface area contributed by atoms with Gasteiger partial charge in [0.15, 0.2) is 0 Å². The van der Waals surface area contributed by atoms with Crippen molar-refractivity contribution in [3.8, 4) is 0 Å². The molecule has 0 fully saturated rings. The Morgan fingerprint density at radius 1 is 1.25 bits per heavy atom. The maximum Gasteiger partial charge on any atom is 0.338 e. The lowest BCUT2D eigenvalue weighted by atomic mass is 10.1. The number of rotatable bonds is 6. The third-order valence-corrected chi connectivity index (χ3v) is 3.28. The van der Waals surface area contributed by atoms with Crippen molar-refractivity contribution in [3.63, 3.8) is 0 Å². The number of carbonyl (C=O) groups excluding carboxylic acids is 1. The van der Waals surface area contributed by atoms with E-state index in [2.05, 4.69) is 0 Å². The van der Waals surface area contributed by atoms with Gasteiger partial charge in [-0.25, -0.2) is 18.4 Å². The van der Waals surface area contributed by atoms with Gasteiger partial charge < -0.3 is 9.47 Å². The van der Waals surface area contributed by atoms with Crippen LogP contribution in [0.2, 0.25) is 0 Å². The molecule has 0 bridgehead atoms. The molecule has 2 N–H and O–H groups in total. The van der Waals surface area contributed by atoms with Crippen LogP contribution in [-0.2, 0) is 19.5 Å². The SMILES string of the molecule is Cc1cc(C(=O)OCCOC(C)C)cc(S(N)(=O)=O)c1. The molecule has 0 aliphatic carbocycles. The van der Waals surface area contributed by atoms with Gasteiger partial charge in [0.2, 0.25) is 10.0 Å². The van der Waals surface area contributed by atoms with Crippen LogP contribution in [0, 0.1) is 6.92 Å². The third kappa shape index (κ3) is 5.28. The Morgan fingerprint density at radius 2 is 1.90 bits per heavy atom. The Kier molecular flexibility index (Phi) is 5.67. The monoisotopic (exact) mass is 301 g/mol. The fourth-order valence-electron chi connectivity index (χ4n) is 1.53. The summed E-state index contributed by atoms with van der Waals surface area (Å²) in [6.07, 6.45) is 0.0571. The van der Waals surface area contributed by atoms with Gasteiger partial charge in [0.25, 0.3) is 0 Å². The Labute approximate surface area is 118 Å². The molecule has 0 amide bonds. The van der Waals surface area contributed by atoms with E-state index in [9.17, 15) is 13.2 Å². The van der Waals surface area contributed by atoms with Crippen LogP contribution < -0.4 is 5.14 Å². The molecule has 0 unspecified atom stereocenters. The van der Waals surface area contributed by atoms with E-state index in [0.717, 1.165) is 0 Å². The Hall–Kier alpha value is -1.44. The zero-order valence-corrected chi connectivity index (χ0v) is 12.6. The lowest BCUT2D eigenvalue weighted by Gasteiger charge is -2.09. The Balaban J connectivity index is 2.76. The number of hydrogen-bond donors (Lipinski definition) is 1. The highest BCUT2D eigenvalue weighted by atomic mass is 32.2. The molecule has 0 aliphatic rings. The number of primary sulfonamides is 1. The van der Waals surface area contributed by atoms with E-state index >= 15 is 0 Å². The van der Waals surface area contributed by atoms with E-state index in [-0.39, 0.29) is 29.8 Å². The Bertz CT molecular complexity index is 580. The van der Waals surface area contributed by atoms with Crippen LogP contribution in [0.5, 0.6) is 0 Å². The van der Waals surface area contributed by atoms with Gasteiger partial charge in [-0.05, 0) is 44.5 Å². The minimum atomic E-state index is -3.85. The van der Waals surface area contributed by atoms with Gasteiger partial charge in [-0.1, -0.05) is 0 Å². The minimum Gasteiger partial charge on any atom is -0.460 e. The fourth-order valence-corrected chi connectivity index (χ4v) is 2.17. The molecule has 0 spiro atoms. The van der Waals surface area contributed by atoms with Crippen LogP contribution in [0.3, 0.4) is 0 Å². The molecule has 0 heterocycles. The molecule has 0 saturated heterocycles. The van der Waals surface area contributed by atoms with Crippen LogP contribution in [0.15, 0.2) is 23.1 Å². The summed E-state index contributed by atoms with van der Waals surface area (Å²) in [6.45, 7) is 5.82. The second-order valence-electron chi connectivity index (χ2n) is 4.64. The first-order valence-corrected chi connectivity index (χ1v) is 7.68. The average molecular weight is 301 g/mol. The van der Waals surface area contributed by atoms with Crippen LogP contribution in [0.1, 0.15) is 29.8 Å². The standard InChI is InChI=1S/C13H19NO5S/c1-9(2)18-4-5-19-13(15)11-6-10(3)7-12(8-11)20(14,16)17/h6-9H,4-5H2,1-3H3,(H2,14,16,17). The molecule has 20 heavy (non-hydrogen) atoms. The second-order valence-corrected chi connectivity index (χ2v) is 6.20. The minimum absolute atomic E-state index is 0.0571. The first kappa shape index (κ1) is 16.6. The molecule has 1 aromatic carbocycles. The predicted octanol–water partition coefficient (Wildman–Crippen LogP) is 1.22. The van der Waals surface area contributed by atoms with Gasteiger partial charge in [-0.2, -0.15) is 0 Å². The highest BCUT2D eigenvalue weighted by Crippen LogP contribution is 2.14. The number of esters is 1. The molecule has 1 aromatic rings. The maximum atomic E-state index is 11.8. The van der Waals surface area contributed by atoms with Gasteiger partial charge in [-0.3, -0.25) is 0 Å². The summed E-state index contributed by atoms with van der Waals surface area (Å²) in [6, 6.07) is 4.14. The summed E-state index contributed by atoms with van der Waals surface area (Å²) in [5, 5.41) is 5.05. The van der Waals surface area contributed by atoms with Crippen molar-refractivity contribution < 1.29 is 22.7 Å². The molecule has 0 saturated carbocycles. The van der Waals surface area contributed by atoms with Crippen molar-refractivity contribution in [2.24, 2.45) is 5.14 Å². The summed E-state index contributed by atoms with van der Waals surface area (Å²) in [5.74, 6) is -0.606. The third-order valence-electron chi connectivity index (χ3n) is 2.38. The molecule has 0 radical (unpaired) electrons. The summed E-state index contributed by atoms with van der Waals surface area (Å²) < 4.78 is 32.8. The van der Waals surface area contributed by atoms with Gasteiger partial charge in [0.05, 0.1) is 23.2 Å². The molecule has 6 nitrogen and oxygen atoms in total. The van der Waals surface area contributed by atoms with E-state index in [1.54, 1.807) is 13.0 Å². The zero-order chi connectivity index (χ0) is 15.3. The fraction of sp³-hybridized carbons (Fsp3) is 0.462. The number of ether oxygens (including phenoxy) is 2. The number of nitrogens with two attached hydrogens (primary N) is 1. The summed E-state index contributed by atoms with van der Waals surface area (Å²) >= 11 is 0. The number of aryl methyl sites for hydroxylation is 1. The molecular formula is C13H19NO5S. The lowest BCUT2D eigenvalue weighted by Crippen LogP contribution is -2.16. The van der Waals surface area contributed by atoms with Crippen LogP contribution in [0.25, 0.3) is 0 Å². The molecule has 0 aromatic heterocycles. The molecule has 0 atom stereocenters. The zero-order valence-electron chi connectivity index (χ0n) is 11.8. The molecule has 0 aliphatic heterocycles. The van der Waals surface area contributed by atoms with E-state index in [1.807, 2.05) is 13.8 Å². The molecule has 112 valence electrons. The molecule has 1 rings (SSSR count). The largest absolute Gasteiger partial charge is 0.460 e. The smallest absolute Gasteiger partial charge is 0.338 e. The normalized spacial score (nSPS) is 11.7. The number of benzene rings is 1. The molecular weight excluding hydrogens is 282 g/mol. The van der Waals surface area contributed by atoms with Crippen molar-refractivity contribution in [2.45, 2.75) is 31.8 Å². The van der Waals surface area contributed by atoms with E-state index in [1.165, 1.54) is 12.1 Å². The Morgan fingerprint density at radius 3 is 2.45 bits per heavy atom. The average Bonchev–Trinajstić information content (AvgIpc) is 2.32. The predicted molar refractivity (Wildman–Crippen MR) is 73.9 cm³/mol. The highest BCUT2D eigenvalue weighted by molar-refractivity contribution is 7.89. The van der Waals surface area contributed by atoms with E-state index < -0.39 is 16.0 Å². The quantitative estimate of drug-likeness (QED) is 0.629. The van der Waals surface area contributed by atoms with Crippen LogP contribution >= 0.6 is 0 Å². The van der Waals surface area contributed by atoms with Crippen molar-refractivity contribution in [1.29, 1.82) is 0 Å². The number of carbonyl (C=O) groups is 1. The van der Waals surface area contributed by atoms with Crippen molar-refractivity contribution in [2.75, 3.05) is 13.2 Å². The topological polar surface area (TPSA) is 95.7 Å². The van der Waals surface area contributed by atoms with Crippen LogP contribution in [-0.4, -0.2) is 33.7 Å². The molecule has 7 heteroatoms. The first-order chi connectivity index (χ1) is 9.20. The van der Waals surface area contributed by atoms with E-state index in [4.69, 9.17) is 14.6 Å².